The van der Waals surface area contributed by atoms with Gasteiger partial charge in [0, 0.05) is 11.4 Å². The maximum absolute atomic E-state index is 12.0. The number of fused-ring (bicyclic) bond motifs is 1. The van der Waals surface area contributed by atoms with Crippen LogP contribution in [0.25, 0.3) is 11.0 Å². The van der Waals surface area contributed by atoms with E-state index in [1.165, 1.54) is 0 Å². The molecule has 0 unspecified atom stereocenters. The molecule has 114 valence electrons. The Kier molecular flexibility index (Phi) is 3.81. The molecule has 3 N–H and O–H groups in total. The van der Waals surface area contributed by atoms with E-state index in [4.69, 9.17) is 0 Å². The predicted molar refractivity (Wildman–Crippen MR) is 86.1 cm³/mol. The number of carbonyl (C=O) groups is 1. The molecule has 0 spiro atoms. The number of rotatable bonds is 4. The first-order chi connectivity index (χ1) is 10.5. The highest BCUT2D eigenvalue weighted by Gasteiger charge is 2.10. The van der Waals surface area contributed by atoms with Crippen LogP contribution in [-0.2, 0) is 17.8 Å². The Hall–Kier alpha value is -2.41. The highest BCUT2D eigenvalue weighted by atomic mass is 32.1. The molecule has 0 fully saturated rings. The standard InChI is InChI=1S/C15H16N4O2S/c1-8-13(22-9(2)17-8)6-14(20)16-7-10-3-4-11-12(5-10)19-15(21)18-11/h3-5H,6-7H2,1-2H3,(H,16,20)(H2,18,19,21). The van der Waals surface area contributed by atoms with Crippen LogP contribution >= 0.6 is 11.3 Å². The summed E-state index contributed by atoms with van der Waals surface area (Å²) in [4.78, 5) is 34.0. The number of H-pyrrole nitrogens is 2. The van der Waals surface area contributed by atoms with Crippen LogP contribution in [0.2, 0.25) is 0 Å². The molecule has 0 aliphatic carbocycles. The molecular formula is C15H16N4O2S. The monoisotopic (exact) mass is 316 g/mol. The van der Waals surface area contributed by atoms with E-state index >= 15 is 0 Å². The molecular weight excluding hydrogens is 300 g/mol. The summed E-state index contributed by atoms with van der Waals surface area (Å²) in [6.07, 6.45) is 0.348. The Balaban J connectivity index is 1.64. The maximum Gasteiger partial charge on any atom is 0.323 e. The number of aromatic nitrogens is 3. The van der Waals surface area contributed by atoms with Crippen molar-refractivity contribution in [2.75, 3.05) is 0 Å². The van der Waals surface area contributed by atoms with Crippen molar-refractivity contribution < 1.29 is 4.79 Å². The second-order valence-electron chi connectivity index (χ2n) is 5.15. The molecule has 1 aromatic carbocycles. The lowest BCUT2D eigenvalue weighted by molar-refractivity contribution is -0.120. The van der Waals surface area contributed by atoms with E-state index in [0.717, 1.165) is 32.2 Å². The van der Waals surface area contributed by atoms with Gasteiger partial charge in [0.25, 0.3) is 0 Å². The van der Waals surface area contributed by atoms with Gasteiger partial charge in [0.05, 0.1) is 28.2 Å². The van der Waals surface area contributed by atoms with Crippen molar-refractivity contribution in [1.29, 1.82) is 0 Å². The molecule has 22 heavy (non-hydrogen) atoms. The summed E-state index contributed by atoms with van der Waals surface area (Å²) >= 11 is 1.55. The van der Waals surface area contributed by atoms with Gasteiger partial charge in [0.15, 0.2) is 0 Å². The van der Waals surface area contributed by atoms with Crippen LogP contribution in [0.15, 0.2) is 23.0 Å². The molecule has 6 nitrogen and oxygen atoms in total. The van der Waals surface area contributed by atoms with Crippen LogP contribution in [0, 0.1) is 13.8 Å². The summed E-state index contributed by atoms with van der Waals surface area (Å²) in [5, 5.41) is 3.87. The molecule has 0 saturated carbocycles. The van der Waals surface area contributed by atoms with Crippen molar-refractivity contribution >= 4 is 28.3 Å². The van der Waals surface area contributed by atoms with Crippen LogP contribution in [0.3, 0.4) is 0 Å². The number of hydrogen-bond donors (Lipinski definition) is 3. The summed E-state index contributed by atoms with van der Waals surface area (Å²) in [5.74, 6) is -0.0330. The number of carbonyl (C=O) groups excluding carboxylic acids is 1. The van der Waals surface area contributed by atoms with Gasteiger partial charge in [-0.25, -0.2) is 9.78 Å². The number of nitrogens with zero attached hydrogens (tertiary/aromatic N) is 1. The normalized spacial score (nSPS) is 11.0. The molecule has 3 rings (SSSR count). The topological polar surface area (TPSA) is 90.6 Å². The van der Waals surface area contributed by atoms with Crippen LogP contribution < -0.4 is 11.0 Å². The first kappa shape index (κ1) is 14.5. The van der Waals surface area contributed by atoms with E-state index in [2.05, 4.69) is 20.3 Å². The van der Waals surface area contributed by atoms with E-state index in [9.17, 15) is 9.59 Å². The van der Waals surface area contributed by atoms with Gasteiger partial charge in [-0.3, -0.25) is 4.79 Å². The van der Waals surface area contributed by atoms with Gasteiger partial charge in [-0.1, -0.05) is 6.07 Å². The fourth-order valence-corrected chi connectivity index (χ4v) is 3.27. The smallest absolute Gasteiger partial charge is 0.323 e. The molecule has 0 bridgehead atoms. The highest BCUT2D eigenvalue weighted by Crippen LogP contribution is 2.17. The fraction of sp³-hybridized carbons (Fsp3) is 0.267. The minimum Gasteiger partial charge on any atom is -0.352 e. The molecule has 7 heteroatoms. The number of nitrogens with one attached hydrogen (secondary N) is 3. The van der Waals surface area contributed by atoms with Gasteiger partial charge >= 0.3 is 5.69 Å². The summed E-state index contributed by atoms with van der Waals surface area (Å²) in [6, 6.07) is 5.56. The maximum atomic E-state index is 12.0. The zero-order valence-electron chi connectivity index (χ0n) is 12.3. The lowest BCUT2D eigenvalue weighted by Crippen LogP contribution is -2.24. The quantitative estimate of drug-likeness (QED) is 0.685. The van der Waals surface area contributed by atoms with Crippen LogP contribution in [0.5, 0.6) is 0 Å². The van der Waals surface area contributed by atoms with E-state index in [1.54, 1.807) is 11.3 Å². The van der Waals surface area contributed by atoms with Crippen LogP contribution in [0.4, 0.5) is 0 Å². The van der Waals surface area contributed by atoms with E-state index in [0.29, 0.717) is 13.0 Å². The van der Waals surface area contributed by atoms with Crippen molar-refractivity contribution in [2.45, 2.75) is 26.8 Å². The Morgan fingerprint density at radius 3 is 2.77 bits per heavy atom. The third kappa shape index (κ3) is 3.09. The summed E-state index contributed by atoms with van der Waals surface area (Å²) in [6.45, 7) is 4.28. The SMILES string of the molecule is Cc1nc(C)c(CC(=O)NCc2ccc3[nH]c(=O)[nH]c3c2)s1. The Morgan fingerprint density at radius 2 is 2.05 bits per heavy atom. The fourth-order valence-electron chi connectivity index (χ4n) is 2.34. The molecule has 0 aliphatic rings. The summed E-state index contributed by atoms with van der Waals surface area (Å²) in [5.41, 5.74) is 3.13. The molecule has 0 radical (unpaired) electrons. The van der Waals surface area contributed by atoms with Gasteiger partial charge in [-0.05, 0) is 31.5 Å². The summed E-state index contributed by atoms with van der Waals surface area (Å²) in [7, 11) is 0. The second kappa shape index (κ2) is 5.76. The second-order valence-corrected chi connectivity index (χ2v) is 6.44. The lowest BCUT2D eigenvalue weighted by Gasteiger charge is -2.05. The van der Waals surface area contributed by atoms with Gasteiger partial charge in [0.1, 0.15) is 0 Å². The molecule has 0 atom stereocenters. The Bertz CT molecular complexity index is 890. The van der Waals surface area contributed by atoms with Crippen molar-refractivity contribution in [3.05, 3.63) is 49.8 Å². The van der Waals surface area contributed by atoms with Crippen LogP contribution in [-0.4, -0.2) is 20.9 Å². The number of benzene rings is 1. The lowest BCUT2D eigenvalue weighted by atomic mass is 10.2. The van der Waals surface area contributed by atoms with Gasteiger partial charge in [-0.15, -0.1) is 11.3 Å². The Labute approximate surface area is 130 Å². The third-order valence-corrected chi connectivity index (χ3v) is 4.46. The number of hydrogen-bond acceptors (Lipinski definition) is 4. The predicted octanol–water partition coefficient (Wildman–Crippen LogP) is 1.79. The molecule has 2 heterocycles. The summed E-state index contributed by atoms with van der Waals surface area (Å²) < 4.78 is 0. The molecule has 2 aromatic heterocycles. The number of aromatic amines is 2. The molecule has 3 aromatic rings. The van der Waals surface area contributed by atoms with Crippen LogP contribution in [0.1, 0.15) is 21.1 Å². The molecule has 1 amide bonds. The van der Waals surface area contributed by atoms with E-state index in [-0.39, 0.29) is 11.6 Å². The van der Waals surface area contributed by atoms with Gasteiger partial charge < -0.3 is 15.3 Å². The minimum atomic E-state index is -0.229. The van der Waals surface area contributed by atoms with Gasteiger partial charge in [0.2, 0.25) is 5.91 Å². The van der Waals surface area contributed by atoms with Crippen molar-refractivity contribution in [3.8, 4) is 0 Å². The third-order valence-electron chi connectivity index (χ3n) is 3.39. The number of thiazole rings is 1. The largest absolute Gasteiger partial charge is 0.352 e. The zero-order valence-corrected chi connectivity index (χ0v) is 13.1. The van der Waals surface area contributed by atoms with Crippen molar-refractivity contribution in [2.24, 2.45) is 0 Å². The average molecular weight is 316 g/mol. The molecule has 0 aliphatic heterocycles. The number of amides is 1. The zero-order chi connectivity index (χ0) is 15.7. The van der Waals surface area contributed by atoms with Crippen molar-refractivity contribution in [1.82, 2.24) is 20.3 Å². The van der Waals surface area contributed by atoms with E-state index in [1.807, 2.05) is 32.0 Å². The Morgan fingerprint density at radius 1 is 1.27 bits per heavy atom. The average Bonchev–Trinajstić information content (AvgIpc) is 2.97. The first-order valence-electron chi connectivity index (χ1n) is 6.92. The number of imidazole rings is 1. The number of aryl methyl sites for hydroxylation is 2. The minimum absolute atomic E-state index is 0.0330. The molecule has 0 saturated heterocycles. The van der Waals surface area contributed by atoms with Crippen molar-refractivity contribution in [3.63, 3.8) is 0 Å². The highest BCUT2D eigenvalue weighted by molar-refractivity contribution is 7.11. The first-order valence-corrected chi connectivity index (χ1v) is 7.73. The van der Waals surface area contributed by atoms with E-state index < -0.39 is 0 Å². The van der Waals surface area contributed by atoms with Gasteiger partial charge in [-0.2, -0.15) is 0 Å².